The number of nitro groups is 1. The summed E-state index contributed by atoms with van der Waals surface area (Å²) in [7, 11) is 0. The van der Waals surface area contributed by atoms with E-state index < -0.39 is 10.5 Å². The van der Waals surface area contributed by atoms with Gasteiger partial charge in [-0.15, -0.1) is 0 Å². The number of aliphatic hydroxyl groups is 1. The van der Waals surface area contributed by atoms with Gasteiger partial charge in [-0.2, -0.15) is 9.38 Å². The van der Waals surface area contributed by atoms with E-state index in [1.54, 1.807) is 23.4 Å². The number of thiazole rings is 1. The van der Waals surface area contributed by atoms with E-state index in [0.29, 0.717) is 30.3 Å². The largest absolute Gasteiger partial charge is 0.388 e. The average Bonchev–Trinajstić information content (AvgIpc) is 2.88. The quantitative estimate of drug-likeness (QED) is 0.655. The van der Waals surface area contributed by atoms with Gasteiger partial charge in [0.15, 0.2) is 0 Å². The lowest BCUT2D eigenvalue weighted by atomic mass is 10.1. The maximum atomic E-state index is 11.2. The van der Waals surface area contributed by atoms with Crippen molar-refractivity contribution >= 4 is 27.9 Å². The molecule has 0 radical (unpaired) electrons. The fourth-order valence-corrected chi connectivity index (χ4v) is 2.97. The van der Waals surface area contributed by atoms with Gasteiger partial charge in [-0.1, -0.05) is 11.3 Å². The second-order valence-electron chi connectivity index (χ2n) is 4.74. The van der Waals surface area contributed by atoms with Gasteiger partial charge >= 0.3 is 5.82 Å². The van der Waals surface area contributed by atoms with Crippen LogP contribution in [-0.4, -0.2) is 38.1 Å². The molecule has 96 valence electrons. The predicted molar refractivity (Wildman–Crippen MR) is 67.2 cm³/mol. The van der Waals surface area contributed by atoms with Crippen molar-refractivity contribution in [2.24, 2.45) is 0 Å². The minimum atomic E-state index is -0.801. The number of imidazole rings is 1. The Morgan fingerprint density at radius 3 is 3.06 bits per heavy atom. The molecule has 1 fully saturated rings. The third kappa shape index (κ3) is 1.65. The van der Waals surface area contributed by atoms with Crippen LogP contribution >= 0.6 is 11.3 Å². The molecule has 8 heteroatoms. The van der Waals surface area contributed by atoms with Crippen LogP contribution in [-0.2, 0) is 0 Å². The molecule has 0 spiro atoms. The number of aromatic nitrogens is 2. The monoisotopic (exact) mass is 268 g/mol. The van der Waals surface area contributed by atoms with E-state index in [4.69, 9.17) is 0 Å². The van der Waals surface area contributed by atoms with Gasteiger partial charge in [0, 0.05) is 18.5 Å². The molecule has 7 nitrogen and oxygen atoms in total. The lowest BCUT2D eigenvalue weighted by Crippen LogP contribution is -2.30. The zero-order valence-electron chi connectivity index (χ0n) is 9.74. The second kappa shape index (κ2) is 3.66. The molecule has 2 aromatic heterocycles. The molecule has 1 aliphatic heterocycles. The molecule has 1 N–H and O–H groups in total. The Morgan fingerprint density at radius 2 is 2.44 bits per heavy atom. The first-order chi connectivity index (χ1) is 8.48. The smallest absolute Gasteiger partial charge is 0.373 e. The van der Waals surface area contributed by atoms with Crippen LogP contribution in [0.3, 0.4) is 0 Å². The number of fused-ring (bicyclic) bond motifs is 1. The average molecular weight is 268 g/mol. The standard InChI is InChI=1S/C10H12N4O3S/c1-10(15)2-3-12(6-10)7-8(14(16)17)13-4-5-18-9(13)11-7/h4-5,15H,2-3,6H2,1H3. The maximum Gasteiger partial charge on any atom is 0.373 e. The summed E-state index contributed by atoms with van der Waals surface area (Å²) in [5.41, 5.74) is -0.801. The van der Waals surface area contributed by atoms with E-state index in [-0.39, 0.29) is 5.82 Å². The summed E-state index contributed by atoms with van der Waals surface area (Å²) >= 11 is 1.36. The summed E-state index contributed by atoms with van der Waals surface area (Å²) < 4.78 is 1.48. The Kier molecular flexibility index (Phi) is 2.32. The van der Waals surface area contributed by atoms with Gasteiger partial charge in [0.25, 0.3) is 4.96 Å². The van der Waals surface area contributed by atoms with E-state index in [1.807, 2.05) is 0 Å². The number of nitrogens with zero attached hydrogens (tertiary/aromatic N) is 4. The lowest BCUT2D eigenvalue weighted by molar-refractivity contribution is -0.389. The van der Waals surface area contributed by atoms with Crippen LogP contribution in [0.1, 0.15) is 13.3 Å². The first-order valence-corrected chi connectivity index (χ1v) is 6.43. The van der Waals surface area contributed by atoms with Gasteiger partial charge in [0.2, 0.25) is 5.82 Å². The van der Waals surface area contributed by atoms with Crippen molar-refractivity contribution in [1.29, 1.82) is 0 Å². The fraction of sp³-hybridized carbons (Fsp3) is 0.500. The molecule has 0 amide bonds. The Hall–Kier alpha value is -1.67. The first kappa shape index (κ1) is 11.4. The van der Waals surface area contributed by atoms with Gasteiger partial charge in [0.1, 0.15) is 6.20 Å². The predicted octanol–water partition coefficient (Wildman–Crippen LogP) is 1.27. The molecule has 3 rings (SSSR count). The van der Waals surface area contributed by atoms with Crippen molar-refractivity contribution in [3.63, 3.8) is 0 Å². The molecule has 2 aromatic rings. The molecular weight excluding hydrogens is 256 g/mol. The third-order valence-corrected chi connectivity index (χ3v) is 3.90. The van der Waals surface area contributed by atoms with Crippen LogP contribution in [0.2, 0.25) is 0 Å². The van der Waals surface area contributed by atoms with Gasteiger partial charge < -0.3 is 20.1 Å². The number of rotatable bonds is 2. The third-order valence-electron chi connectivity index (χ3n) is 3.14. The van der Waals surface area contributed by atoms with Crippen LogP contribution in [0.5, 0.6) is 0 Å². The van der Waals surface area contributed by atoms with E-state index in [9.17, 15) is 15.2 Å². The Balaban J connectivity index is 2.09. The zero-order chi connectivity index (χ0) is 12.9. The molecule has 0 aromatic carbocycles. The van der Waals surface area contributed by atoms with Crippen LogP contribution < -0.4 is 4.90 Å². The summed E-state index contributed by atoms with van der Waals surface area (Å²) in [4.78, 5) is 17.4. The van der Waals surface area contributed by atoms with Crippen LogP contribution in [0.15, 0.2) is 11.6 Å². The van der Waals surface area contributed by atoms with Gasteiger partial charge in [-0.05, 0) is 18.3 Å². The number of anilines is 1. The topological polar surface area (TPSA) is 83.9 Å². The molecule has 1 aliphatic rings. The fourth-order valence-electron chi connectivity index (χ4n) is 2.27. The molecular formula is C10H12N4O3S. The van der Waals surface area contributed by atoms with Gasteiger partial charge in [-0.3, -0.25) is 0 Å². The van der Waals surface area contributed by atoms with Crippen molar-refractivity contribution < 1.29 is 10.0 Å². The number of β-amino-alcohol motifs (C(OH)–C–C–N with tert-alkyl or cyclic N) is 1. The van der Waals surface area contributed by atoms with E-state index in [1.165, 1.54) is 15.7 Å². The van der Waals surface area contributed by atoms with Crippen molar-refractivity contribution in [2.75, 3.05) is 18.0 Å². The number of hydrogen-bond donors (Lipinski definition) is 1. The molecule has 1 saturated heterocycles. The molecule has 3 heterocycles. The van der Waals surface area contributed by atoms with Crippen molar-refractivity contribution in [3.8, 4) is 0 Å². The van der Waals surface area contributed by atoms with E-state index in [2.05, 4.69) is 4.98 Å². The summed E-state index contributed by atoms with van der Waals surface area (Å²) in [6, 6.07) is 0. The van der Waals surface area contributed by atoms with Gasteiger partial charge in [0.05, 0.1) is 5.60 Å². The summed E-state index contributed by atoms with van der Waals surface area (Å²) in [6.45, 7) is 2.69. The highest BCUT2D eigenvalue weighted by Gasteiger charge is 2.37. The highest BCUT2D eigenvalue weighted by Crippen LogP contribution is 2.34. The molecule has 1 atom stereocenters. The van der Waals surface area contributed by atoms with E-state index in [0.717, 1.165) is 0 Å². The summed E-state index contributed by atoms with van der Waals surface area (Å²) in [5.74, 6) is 0.327. The van der Waals surface area contributed by atoms with Crippen molar-refractivity contribution in [1.82, 2.24) is 9.38 Å². The first-order valence-electron chi connectivity index (χ1n) is 5.55. The molecule has 18 heavy (non-hydrogen) atoms. The normalized spacial score (nSPS) is 24.0. The second-order valence-corrected chi connectivity index (χ2v) is 5.61. The Morgan fingerprint density at radius 1 is 1.67 bits per heavy atom. The van der Waals surface area contributed by atoms with Crippen LogP contribution in [0.25, 0.3) is 4.96 Å². The SMILES string of the molecule is CC1(O)CCN(c2nc3sccn3c2[N+](=O)[O-])C1. The lowest BCUT2D eigenvalue weighted by Gasteiger charge is -2.17. The van der Waals surface area contributed by atoms with Crippen LogP contribution in [0.4, 0.5) is 11.6 Å². The molecule has 0 saturated carbocycles. The van der Waals surface area contributed by atoms with Gasteiger partial charge in [-0.25, -0.2) is 0 Å². The molecule has 1 unspecified atom stereocenters. The van der Waals surface area contributed by atoms with Crippen molar-refractivity contribution in [3.05, 3.63) is 21.7 Å². The molecule has 0 bridgehead atoms. The van der Waals surface area contributed by atoms with Crippen molar-refractivity contribution in [2.45, 2.75) is 18.9 Å². The summed E-state index contributed by atoms with van der Waals surface area (Å²) in [5, 5.41) is 22.9. The highest BCUT2D eigenvalue weighted by atomic mass is 32.1. The minimum absolute atomic E-state index is 0.0241. The number of hydrogen-bond acceptors (Lipinski definition) is 6. The highest BCUT2D eigenvalue weighted by molar-refractivity contribution is 7.15. The zero-order valence-corrected chi connectivity index (χ0v) is 10.6. The minimum Gasteiger partial charge on any atom is -0.388 e. The Bertz CT molecular complexity index is 618. The van der Waals surface area contributed by atoms with E-state index >= 15 is 0 Å². The molecule has 0 aliphatic carbocycles. The Labute approximate surface area is 106 Å². The maximum absolute atomic E-state index is 11.2. The van der Waals surface area contributed by atoms with Crippen LogP contribution in [0, 0.1) is 10.1 Å². The summed E-state index contributed by atoms with van der Waals surface area (Å²) in [6.07, 6.45) is 2.23.